The average Bonchev–Trinajstić information content (AvgIpc) is 2.73. The fraction of sp³-hybridized carbons (Fsp3) is 0.600. The number of carboxylic acid groups (broad SMARTS) is 1. The fourth-order valence-corrected chi connectivity index (χ4v) is 2.16. The number of nitrogens with zero attached hydrogens (tertiary/aromatic N) is 3. The predicted octanol–water partition coefficient (Wildman–Crippen LogP) is 0.527. The topological polar surface area (TPSA) is 105 Å². The molecule has 0 saturated carbocycles. The first kappa shape index (κ1) is 15.4. The Morgan fingerprint density at radius 3 is 2.68 bits per heavy atom. The molecular weight excluding hydrogens is 272 g/mol. The third-order valence-corrected chi connectivity index (χ3v) is 3.93. The van der Waals surface area contributed by atoms with Crippen LogP contribution in [0.4, 0.5) is 5.69 Å². The van der Waals surface area contributed by atoms with E-state index in [9.17, 15) is 13.2 Å². The smallest absolute Gasteiger partial charge is 0.304 e. The maximum absolute atomic E-state index is 11.9. The van der Waals surface area contributed by atoms with Crippen molar-refractivity contribution >= 4 is 21.9 Å². The van der Waals surface area contributed by atoms with E-state index in [4.69, 9.17) is 5.11 Å². The molecule has 19 heavy (non-hydrogen) atoms. The summed E-state index contributed by atoms with van der Waals surface area (Å²) in [7, 11) is -2.44. The average molecular weight is 290 g/mol. The SMILES string of the molecule is CC(C)n1cc(NS(=O)(=O)N(C)CCC(=O)O)cn1. The number of carboxylic acids is 1. The minimum Gasteiger partial charge on any atom is -0.481 e. The largest absolute Gasteiger partial charge is 0.481 e. The lowest BCUT2D eigenvalue weighted by Crippen LogP contribution is -2.34. The molecule has 0 aliphatic carbocycles. The van der Waals surface area contributed by atoms with Gasteiger partial charge in [-0.2, -0.15) is 17.8 Å². The zero-order valence-electron chi connectivity index (χ0n) is 11.1. The van der Waals surface area contributed by atoms with Crippen LogP contribution in [0.2, 0.25) is 0 Å². The second kappa shape index (κ2) is 6.02. The first-order chi connectivity index (χ1) is 8.72. The van der Waals surface area contributed by atoms with Crippen molar-refractivity contribution < 1.29 is 18.3 Å². The van der Waals surface area contributed by atoms with E-state index in [0.29, 0.717) is 5.69 Å². The lowest BCUT2D eigenvalue weighted by atomic mass is 10.4. The minimum absolute atomic E-state index is 0.0943. The van der Waals surface area contributed by atoms with E-state index in [2.05, 4.69) is 9.82 Å². The summed E-state index contributed by atoms with van der Waals surface area (Å²) in [5.74, 6) is -1.05. The maximum atomic E-state index is 11.9. The van der Waals surface area contributed by atoms with Gasteiger partial charge in [-0.3, -0.25) is 14.2 Å². The van der Waals surface area contributed by atoms with Crippen LogP contribution in [0, 0.1) is 0 Å². The van der Waals surface area contributed by atoms with Crippen LogP contribution in [0.25, 0.3) is 0 Å². The van der Waals surface area contributed by atoms with Crippen LogP contribution in [0.5, 0.6) is 0 Å². The fourth-order valence-electron chi connectivity index (χ4n) is 1.27. The van der Waals surface area contributed by atoms with Crippen LogP contribution in [0.3, 0.4) is 0 Å². The highest BCUT2D eigenvalue weighted by Gasteiger charge is 2.19. The number of aromatic nitrogens is 2. The molecule has 0 fully saturated rings. The van der Waals surface area contributed by atoms with Gasteiger partial charge in [-0.15, -0.1) is 0 Å². The molecule has 0 unspecified atom stereocenters. The summed E-state index contributed by atoms with van der Waals surface area (Å²) in [6.07, 6.45) is 2.73. The molecule has 1 rings (SSSR count). The van der Waals surface area contributed by atoms with Gasteiger partial charge in [-0.1, -0.05) is 0 Å². The van der Waals surface area contributed by atoms with Gasteiger partial charge in [-0.25, -0.2) is 0 Å². The second-order valence-electron chi connectivity index (χ2n) is 4.38. The van der Waals surface area contributed by atoms with Gasteiger partial charge in [0.15, 0.2) is 0 Å². The maximum Gasteiger partial charge on any atom is 0.304 e. The third-order valence-electron chi connectivity index (χ3n) is 2.43. The molecule has 2 N–H and O–H groups in total. The summed E-state index contributed by atoms with van der Waals surface area (Å²) in [4.78, 5) is 10.4. The highest BCUT2D eigenvalue weighted by atomic mass is 32.2. The van der Waals surface area contributed by atoms with Crippen LogP contribution < -0.4 is 4.72 Å². The number of hydrogen-bond acceptors (Lipinski definition) is 4. The molecular formula is C10H18N4O4S. The number of aliphatic carboxylic acids is 1. The zero-order valence-corrected chi connectivity index (χ0v) is 11.9. The van der Waals surface area contributed by atoms with E-state index in [1.54, 1.807) is 10.9 Å². The normalized spacial score (nSPS) is 12.1. The van der Waals surface area contributed by atoms with Crippen LogP contribution >= 0.6 is 0 Å². The van der Waals surface area contributed by atoms with Crippen molar-refractivity contribution in [3.63, 3.8) is 0 Å². The van der Waals surface area contributed by atoms with Gasteiger partial charge >= 0.3 is 16.2 Å². The second-order valence-corrected chi connectivity index (χ2v) is 6.15. The van der Waals surface area contributed by atoms with Crippen LogP contribution in [-0.2, 0) is 15.0 Å². The van der Waals surface area contributed by atoms with E-state index in [-0.39, 0.29) is 19.0 Å². The Kier molecular flexibility index (Phi) is 4.90. The lowest BCUT2D eigenvalue weighted by Gasteiger charge is -2.16. The molecule has 0 amide bonds. The molecule has 0 bridgehead atoms. The minimum atomic E-state index is -3.75. The van der Waals surface area contributed by atoms with E-state index in [1.165, 1.54) is 13.2 Å². The van der Waals surface area contributed by atoms with E-state index >= 15 is 0 Å². The van der Waals surface area contributed by atoms with Gasteiger partial charge in [0.2, 0.25) is 0 Å². The molecule has 108 valence electrons. The van der Waals surface area contributed by atoms with Gasteiger partial charge in [0.1, 0.15) is 0 Å². The first-order valence-electron chi connectivity index (χ1n) is 5.72. The molecule has 0 aromatic carbocycles. The number of rotatable bonds is 7. The van der Waals surface area contributed by atoms with E-state index < -0.39 is 16.2 Å². The number of nitrogens with one attached hydrogen (secondary N) is 1. The number of carbonyl (C=O) groups is 1. The molecule has 0 atom stereocenters. The Morgan fingerprint density at radius 2 is 2.21 bits per heavy atom. The van der Waals surface area contributed by atoms with Crippen molar-refractivity contribution in [3.8, 4) is 0 Å². The van der Waals surface area contributed by atoms with E-state index in [0.717, 1.165) is 4.31 Å². The summed E-state index contributed by atoms with van der Waals surface area (Å²) in [6.45, 7) is 3.75. The van der Waals surface area contributed by atoms with Gasteiger partial charge in [0, 0.05) is 25.8 Å². The highest BCUT2D eigenvalue weighted by molar-refractivity contribution is 7.90. The first-order valence-corrected chi connectivity index (χ1v) is 7.16. The Labute approximate surface area is 112 Å². The number of hydrogen-bond donors (Lipinski definition) is 2. The monoisotopic (exact) mass is 290 g/mol. The van der Waals surface area contributed by atoms with Crippen molar-refractivity contribution in [1.82, 2.24) is 14.1 Å². The summed E-state index contributed by atoms with van der Waals surface area (Å²) in [5.41, 5.74) is 0.343. The van der Waals surface area contributed by atoms with Crippen LogP contribution in [0.1, 0.15) is 26.3 Å². The molecule has 0 radical (unpaired) electrons. The highest BCUT2D eigenvalue weighted by Crippen LogP contribution is 2.12. The molecule has 1 aromatic rings. The van der Waals surface area contributed by atoms with Gasteiger partial charge in [-0.05, 0) is 13.8 Å². The number of anilines is 1. The Balaban J connectivity index is 2.70. The molecule has 9 heteroatoms. The summed E-state index contributed by atoms with van der Waals surface area (Å²) in [6, 6.07) is 0.128. The van der Waals surface area contributed by atoms with Gasteiger partial charge in [0.05, 0.1) is 18.3 Å². The van der Waals surface area contributed by atoms with E-state index in [1.807, 2.05) is 13.8 Å². The van der Waals surface area contributed by atoms with Gasteiger partial charge in [0.25, 0.3) is 0 Å². The summed E-state index contributed by atoms with van der Waals surface area (Å²) in [5, 5.41) is 12.5. The van der Waals surface area contributed by atoms with Crippen LogP contribution in [-0.4, -0.2) is 47.2 Å². The van der Waals surface area contributed by atoms with Crippen molar-refractivity contribution in [3.05, 3.63) is 12.4 Å². The quantitative estimate of drug-likeness (QED) is 0.762. The lowest BCUT2D eigenvalue weighted by molar-refractivity contribution is -0.137. The molecule has 1 aromatic heterocycles. The molecule has 8 nitrogen and oxygen atoms in total. The Hall–Kier alpha value is -1.61. The van der Waals surface area contributed by atoms with Gasteiger partial charge < -0.3 is 5.11 Å². The van der Waals surface area contributed by atoms with Crippen LogP contribution in [0.15, 0.2) is 12.4 Å². The summed E-state index contributed by atoms with van der Waals surface area (Å²) >= 11 is 0. The molecule has 0 saturated heterocycles. The zero-order chi connectivity index (χ0) is 14.6. The van der Waals surface area contributed by atoms with Crippen molar-refractivity contribution in [2.24, 2.45) is 0 Å². The predicted molar refractivity (Wildman–Crippen MR) is 70.0 cm³/mol. The molecule has 0 spiro atoms. The Morgan fingerprint density at radius 1 is 1.58 bits per heavy atom. The van der Waals surface area contributed by atoms with Crippen molar-refractivity contribution in [1.29, 1.82) is 0 Å². The molecule has 0 aliphatic heterocycles. The third kappa shape index (κ3) is 4.52. The Bertz CT molecular complexity index is 537. The van der Waals surface area contributed by atoms with Crippen molar-refractivity contribution in [2.45, 2.75) is 26.3 Å². The summed E-state index contributed by atoms with van der Waals surface area (Å²) < 4.78 is 28.7. The standard InChI is InChI=1S/C10H18N4O4S/c1-8(2)14-7-9(6-11-14)12-19(17,18)13(3)5-4-10(15)16/h6-8,12H,4-5H2,1-3H3,(H,15,16). The molecule has 1 heterocycles. The van der Waals surface area contributed by atoms with Crippen molar-refractivity contribution in [2.75, 3.05) is 18.3 Å². The molecule has 0 aliphatic rings.